The molecule has 0 radical (unpaired) electrons. The van der Waals surface area contributed by atoms with Crippen molar-refractivity contribution >= 4 is 55.7 Å². The summed E-state index contributed by atoms with van der Waals surface area (Å²) in [4.78, 5) is 4.86. The zero-order valence-corrected chi connectivity index (χ0v) is 28.6. The fraction of sp³-hybridized carbons (Fsp3) is 0.0833. The number of nitrogens with zero attached hydrogens (tertiary/aromatic N) is 2. The predicted octanol–water partition coefficient (Wildman–Crippen LogP) is 13.5. The predicted molar refractivity (Wildman–Crippen MR) is 213 cm³/mol. The maximum atomic E-state index is 2.46. The molecule has 0 unspecified atom stereocenters. The first kappa shape index (κ1) is 30.0. The summed E-state index contributed by atoms with van der Waals surface area (Å²) in [5.74, 6) is 0. The minimum Gasteiger partial charge on any atom is -0.310 e. The van der Waals surface area contributed by atoms with Crippen molar-refractivity contribution in [2.45, 2.75) is 26.2 Å². The van der Waals surface area contributed by atoms with E-state index in [2.05, 4.69) is 206 Å². The van der Waals surface area contributed by atoms with Crippen LogP contribution in [0.5, 0.6) is 0 Å². The van der Waals surface area contributed by atoms with E-state index in [4.69, 9.17) is 0 Å². The lowest BCUT2D eigenvalue weighted by molar-refractivity contribution is 0.661. The van der Waals surface area contributed by atoms with Crippen LogP contribution in [0.3, 0.4) is 0 Å². The van der Waals surface area contributed by atoms with Gasteiger partial charge in [0.2, 0.25) is 0 Å². The first-order valence-electron chi connectivity index (χ1n) is 17.5. The van der Waals surface area contributed by atoms with Gasteiger partial charge in [-0.3, -0.25) is 0 Å². The van der Waals surface area contributed by atoms with Crippen molar-refractivity contribution in [3.63, 3.8) is 0 Å². The number of anilines is 6. The molecule has 0 atom stereocenters. The summed E-state index contributed by atoms with van der Waals surface area (Å²) in [7, 11) is 0. The second kappa shape index (κ2) is 11.8. The SMILES string of the molecule is Cc1ccccc1N(c1ccc2c(c1)C(C)(C)c1cc(N(c3ccccc3)c3ccccc3)c3ccccc3c1-2)c1cccc2ccccc12. The molecule has 0 aromatic heterocycles. The fourth-order valence-electron chi connectivity index (χ4n) is 8.08. The van der Waals surface area contributed by atoms with E-state index in [0.29, 0.717) is 0 Å². The van der Waals surface area contributed by atoms with Crippen LogP contribution in [0.25, 0.3) is 32.7 Å². The van der Waals surface area contributed by atoms with Crippen molar-refractivity contribution in [3.05, 3.63) is 193 Å². The molecule has 8 aromatic carbocycles. The smallest absolute Gasteiger partial charge is 0.0543 e. The molecule has 0 bridgehead atoms. The summed E-state index contributed by atoms with van der Waals surface area (Å²) >= 11 is 0. The second-order valence-electron chi connectivity index (χ2n) is 13.8. The molecule has 1 aliphatic carbocycles. The van der Waals surface area contributed by atoms with Crippen molar-refractivity contribution in [3.8, 4) is 11.1 Å². The summed E-state index contributed by atoms with van der Waals surface area (Å²) in [6, 6.07) is 64.1. The minimum absolute atomic E-state index is 0.241. The Morgan fingerprint density at radius 2 is 0.980 bits per heavy atom. The van der Waals surface area contributed by atoms with Gasteiger partial charge in [0.1, 0.15) is 0 Å². The topological polar surface area (TPSA) is 6.48 Å². The van der Waals surface area contributed by atoms with Gasteiger partial charge >= 0.3 is 0 Å². The Labute approximate surface area is 294 Å². The van der Waals surface area contributed by atoms with E-state index in [1.165, 1.54) is 66.4 Å². The van der Waals surface area contributed by atoms with Gasteiger partial charge in [-0.2, -0.15) is 0 Å². The molecule has 0 spiro atoms. The van der Waals surface area contributed by atoms with Crippen LogP contribution in [0.1, 0.15) is 30.5 Å². The summed E-state index contributed by atoms with van der Waals surface area (Å²) in [6.07, 6.45) is 0. The molecule has 2 heteroatoms. The Hall–Kier alpha value is -6.12. The van der Waals surface area contributed by atoms with Crippen LogP contribution in [-0.4, -0.2) is 0 Å². The third-order valence-corrected chi connectivity index (χ3v) is 10.5. The molecular weight excluding hydrogens is 605 g/mol. The second-order valence-corrected chi connectivity index (χ2v) is 13.8. The van der Waals surface area contributed by atoms with Gasteiger partial charge in [-0.25, -0.2) is 0 Å². The molecule has 240 valence electrons. The number of hydrogen-bond acceptors (Lipinski definition) is 2. The maximum Gasteiger partial charge on any atom is 0.0543 e. The fourth-order valence-corrected chi connectivity index (χ4v) is 8.08. The van der Waals surface area contributed by atoms with E-state index in [-0.39, 0.29) is 5.41 Å². The Morgan fingerprint density at radius 1 is 0.400 bits per heavy atom. The number of hydrogen-bond donors (Lipinski definition) is 0. The zero-order chi connectivity index (χ0) is 33.8. The van der Waals surface area contributed by atoms with Crippen LogP contribution in [0.15, 0.2) is 176 Å². The molecular formula is C48H38N2. The third-order valence-electron chi connectivity index (χ3n) is 10.5. The number of rotatable bonds is 6. The average Bonchev–Trinajstić information content (AvgIpc) is 3.39. The summed E-state index contributed by atoms with van der Waals surface area (Å²) in [5.41, 5.74) is 13.3. The molecule has 0 heterocycles. The van der Waals surface area contributed by atoms with E-state index >= 15 is 0 Å². The highest BCUT2D eigenvalue weighted by Crippen LogP contribution is 2.56. The van der Waals surface area contributed by atoms with E-state index in [1.54, 1.807) is 0 Å². The maximum absolute atomic E-state index is 2.46. The molecule has 2 nitrogen and oxygen atoms in total. The van der Waals surface area contributed by atoms with Crippen LogP contribution in [0.4, 0.5) is 34.1 Å². The molecule has 0 fully saturated rings. The Kier molecular flexibility index (Phi) is 7.07. The normalized spacial score (nSPS) is 12.9. The lowest BCUT2D eigenvalue weighted by atomic mass is 9.81. The van der Waals surface area contributed by atoms with Gasteiger partial charge in [0.25, 0.3) is 0 Å². The van der Waals surface area contributed by atoms with Gasteiger partial charge in [-0.1, -0.05) is 135 Å². The molecule has 0 N–H and O–H groups in total. The van der Waals surface area contributed by atoms with Crippen molar-refractivity contribution in [2.75, 3.05) is 9.80 Å². The highest BCUT2D eigenvalue weighted by Gasteiger charge is 2.38. The molecule has 0 aliphatic heterocycles. The van der Waals surface area contributed by atoms with Gasteiger partial charge in [-0.15, -0.1) is 0 Å². The number of benzene rings is 8. The first-order valence-corrected chi connectivity index (χ1v) is 17.5. The minimum atomic E-state index is -0.241. The standard InChI is InChI=1S/C48H38N2/c1-33-17-10-15-27-44(33)50(45-28-16-19-34-18-11-12-24-38(34)45)37-29-30-41-42(31-37)48(2,3)43-32-46(39-25-13-14-26-40(39)47(41)43)49(35-20-6-4-7-21-35)36-22-8-5-9-23-36/h4-32H,1-3H3. The van der Waals surface area contributed by atoms with Crippen molar-refractivity contribution in [1.82, 2.24) is 0 Å². The highest BCUT2D eigenvalue weighted by molar-refractivity contribution is 6.10. The summed E-state index contributed by atoms with van der Waals surface area (Å²) in [5, 5.41) is 4.99. The van der Waals surface area contributed by atoms with E-state index < -0.39 is 0 Å². The quantitative estimate of drug-likeness (QED) is 0.178. The lowest BCUT2D eigenvalue weighted by Crippen LogP contribution is -2.18. The van der Waals surface area contributed by atoms with Gasteiger partial charge in [0.05, 0.1) is 11.4 Å². The molecule has 9 rings (SSSR count). The number of aryl methyl sites for hydroxylation is 1. The monoisotopic (exact) mass is 642 g/mol. The highest BCUT2D eigenvalue weighted by atomic mass is 15.2. The Bertz CT molecular complexity index is 2490. The molecule has 50 heavy (non-hydrogen) atoms. The van der Waals surface area contributed by atoms with Gasteiger partial charge in [0, 0.05) is 38.9 Å². The van der Waals surface area contributed by atoms with Crippen molar-refractivity contribution < 1.29 is 0 Å². The average molecular weight is 643 g/mol. The van der Waals surface area contributed by atoms with Crippen molar-refractivity contribution in [2.24, 2.45) is 0 Å². The van der Waals surface area contributed by atoms with Crippen molar-refractivity contribution in [1.29, 1.82) is 0 Å². The Morgan fingerprint density at radius 3 is 1.70 bits per heavy atom. The van der Waals surface area contributed by atoms with E-state index in [0.717, 1.165) is 17.1 Å². The molecule has 8 aromatic rings. The van der Waals surface area contributed by atoms with Crippen LogP contribution in [-0.2, 0) is 5.41 Å². The molecule has 0 amide bonds. The zero-order valence-electron chi connectivity index (χ0n) is 28.6. The van der Waals surface area contributed by atoms with Gasteiger partial charge in [0.15, 0.2) is 0 Å². The Balaban J connectivity index is 1.27. The third kappa shape index (κ3) is 4.71. The van der Waals surface area contributed by atoms with Crippen LogP contribution < -0.4 is 9.80 Å². The largest absolute Gasteiger partial charge is 0.310 e. The lowest BCUT2D eigenvalue weighted by Gasteiger charge is -2.30. The number of fused-ring (bicyclic) bond motifs is 6. The van der Waals surface area contributed by atoms with Crippen LogP contribution in [0.2, 0.25) is 0 Å². The number of para-hydroxylation sites is 3. The van der Waals surface area contributed by atoms with E-state index in [9.17, 15) is 0 Å². The van der Waals surface area contributed by atoms with E-state index in [1.807, 2.05) is 0 Å². The molecule has 0 saturated heterocycles. The molecule has 0 saturated carbocycles. The summed E-state index contributed by atoms with van der Waals surface area (Å²) < 4.78 is 0. The van der Waals surface area contributed by atoms with Gasteiger partial charge < -0.3 is 9.80 Å². The van der Waals surface area contributed by atoms with Crippen LogP contribution >= 0.6 is 0 Å². The van der Waals surface area contributed by atoms with Crippen LogP contribution in [0, 0.1) is 6.92 Å². The first-order chi connectivity index (χ1) is 24.5. The van der Waals surface area contributed by atoms with Gasteiger partial charge in [-0.05, 0) is 100 Å². The summed E-state index contributed by atoms with van der Waals surface area (Å²) in [6.45, 7) is 7.00. The molecule has 1 aliphatic rings.